The Hall–Kier alpha value is -2.01. The number of hydrogen-bond acceptors (Lipinski definition) is 4. The van der Waals surface area contributed by atoms with Crippen LogP contribution in [0.5, 0.6) is 0 Å². The lowest BCUT2D eigenvalue weighted by Gasteiger charge is -2.22. The van der Waals surface area contributed by atoms with Gasteiger partial charge in [-0.05, 0) is 23.8 Å². The zero-order chi connectivity index (χ0) is 13.5. The van der Waals surface area contributed by atoms with Gasteiger partial charge < -0.3 is 16.6 Å². The third-order valence-corrected chi connectivity index (χ3v) is 3.32. The van der Waals surface area contributed by atoms with Gasteiger partial charge in [0.05, 0.1) is 17.6 Å². The number of benzene rings is 2. The number of fused-ring (bicyclic) bond motifs is 2. The van der Waals surface area contributed by atoms with Gasteiger partial charge in [-0.1, -0.05) is 30.3 Å². The zero-order valence-corrected chi connectivity index (χ0v) is 10.4. The summed E-state index contributed by atoms with van der Waals surface area (Å²) >= 11 is 0. The molecule has 0 aliphatic carbocycles. The fourth-order valence-electron chi connectivity index (χ4n) is 2.15. The maximum atomic E-state index is 9.22. The standard InChI is InChI=1S/C15H15N3O/c16-15(17,9-19)12-6-5-11-7-10-3-1-2-4-13(10)18-14(11)8-12/h1-8,19H,9,16-17H2. The van der Waals surface area contributed by atoms with Crippen LogP contribution >= 0.6 is 0 Å². The van der Waals surface area contributed by atoms with Crippen LogP contribution in [0.15, 0.2) is 48.5 Å². The van der Waals surface area contributed by atoms with E-state index in [0.29, 0.717) is 5.56 Å². The molecule has 0 unspecified atom stereocenters. The number of hydrogen-bond donors (Lipinski definition) is 3. The average molecular weight is 253 g/mol. The van der Waals surface area contributed by atoms with Crippen LogP contribution < -0.4 is 11.5 Å². The molecule has 3 rings (SSSR count). The van der Waals surface area contributed by atoms with Crippen molar-refractivity contribution in [2.45, 2.75) is 5.66 Å². The van der Waals surface area contributed by atoms with Gasteiger partial charge in [0.15, 0.2) is 0 Å². The minimum absolute atomic E-state index is 0.313. The summed E-state index contributed by atoms with van der Waals surface area (Å²) in [6.45, 7) is -0.313. The van der Waals surface area contributed by atoms with Crippen molar-refractivity contribution in [1.82, 2.24) is 4.98 Å². The van der Waals surface area contributed by atoms with Crippen LogP contribution in [0.2, 0.25) is 0 Å². The summed E-state index contributed by atoms with van der Waals surface area (Å²) < 4.78 is 0. The Bertz CT molecular complexity index is 753. The Morgan fingerprint density at radius 1 is 0.947 bits per heavy atom. The monoisotopic (exact) mass is 253 g/mol. The SMILES string of the molecule is NC(N)(CO)c1ccc2cc3ccccc3nc2c1. The zero-order valence-electron chi connectivity index (χ0n) is 10.4. The van der Waals surface area contributed by atoms with E-state index in [1.165, 1.54) is 0 Å². The fourth-order valence-corrected chi connectivity index (χ4v) is 2.15. The smallest absolute Gasteiger partial charge is 0.114 e. The molecule has 0 saturated carbocycles. The summed E-state index contributed by atoms with van der Waals surface area (Å²) in [6.07, 6.45) is 0. The minimum atomic E-state index is -1.23. The predicted octanol–water partition coefficient (Wildman–Crippen LogP) is 1.45. The molecular weight excluding hydrogens is 238 g/mol. The summed E-state index contributed by atoms with van der Waals surface area (Å²) in [5.74, 6) is 0. The van der Waals surface area contributed by atoms with Crippen molar-refractivity contribution >= 4 is 21.8 Å². The highest BCUT2D eigenvalue weighted by Gasteiger charge is 2.20. The van der Waals surface area contributed by atoms with Crippen molar-refractivity contribution in [1.29, 1.82) is 0 Å². The molecule has 96 valence electrons. The topological polar surface area (TPSA) is 85.2 Å². The van der Waals surface area contributed by atoms with E-state index in [0.717, 1.165) is 21.8 Å². The number of aliphatic hydroxyl groups is 1. The summed E-state index contributed by atoms with van der Waals surface area (Å²) in [7, 11) is 0. The first-order valence-electron chi connectivity index (χ1n) is 6.09. The van der Waals surface area contributed by atoms with E-state index in [1.807, 2.05) is 42.5 Å². The van der Waals surface area contributed by atoms with E-state index < -0.39 is 5.66 Å². The molecule has 1 heterocycles. The van der Waals surface area contributed by atoms with Crippen molar-refractivity contribution in [3.8, 4) is 0 Å². The Morgan fingerprint density at radius 2 is 1.68 bits per heavy atom. The van der Waals surface area contributed by atoms with Crippen molar-refractivity contribution < 1.29 is 5.11 Å². The average Bonchev–Trinajstić information content (AvgIpc) is 2.44. The van der Waals surface area contributed by atoms with Crippen molar-refractivity contribution in [3.63, 3.8) is 0 Å². The highest BCUT2D eigenvalue weighted by Crippen LogP contribution is 2.22. The number of nitrogens with zero attached hydrogens (tertiary/aromatic N) is 1. The van der Waals surface area contributed by atoms with Crippen LogP contribution in [0.3, 0.4) is 0 Å². The Balaban J connectivity index is 2.25. The maximum absolute atomic E-state index is 9.22. The third-order valence-electron chi connectivity index (χ3n) is 3.32. The summed E-state index contributed by atoms with van der Waals surface area (Å²) in [4.78, 5) is 4.59. The Morgan fingerprint density at radius 3 is 2.47 bits per heavy atom. The van der Waals surface area contributed by atoms with Gasteiger partial charge >= 0.3 is 0 Å². The van der Waals surface area contributed by atoms with E-state index >= 15 is 0 Å². The van der Waals surface area contributed by atoms with Gasteiger partial charge in [0, 0.05) is 10.8 Å². The predicted molar refractivity (Wildman–Crippen MR) is 76.4 cm³/mol. The molecular formula is C15H15N3O. The second-order valence-corrected chi connectivity index (χ2v) is 4.79. The summed E-state index contributed by atoms with van der Waals surface area (Å²) in [5, 5.41) is 11.3. The van der Waals surface area contributed by atoms with E-state index in [1.54, 1.807) is 0 Å². The van der Waals surface area contributed by atoms with Crippen molar-refractivity contribution in [2.75, 3.05) is 6.61 Å². The maximum Gasteiger partial charge on any atom is 0.114 e. The minimum Gasteiger partial charge on any atom is -0.393 e. The first-order valence-corrected chi connectivity index (χ1v) is 6.09. The van der Waals surface area contributed by atoms with Gasteiger partial charge in [-0.3, -0.25) is 0 Å². The van der Waals surface area contributed by atoms with Crippen LogP contribution in [0.1, 0.15) is 5.56 Å². The molecule has 19 heavy (non-hydrogen) atoms. The molecule has 2 aromatic carbocycles. The van der Waals surface area contributed by atoms with E-state index in [9.17, 15) is 5.11 Å². The van der Waals surface area contributed by atoms with Gasteiger partial charge in [-0.2, -0.15) is 0 Å². The molecule has 0 fully saturated rings. The van der Waals surface area contributed by atoms with Gasteiger partial charge in [0.25, 0.3) is 0 Å². The lowest BCUT2D eigenvalue weighted by Crippen LogP contribution is -2.49. The normalized spacial score (nSPS) is 12.2. The molecule has 0 aliphatic rings. The van der Waals surface area contributed by atoms with Crippen LogP contribution in [0.25, 0.3) is 21.8 Å². The molecule has 5 N–H and O–H groups in total. The second kappa shape index (κ2) is 4.28. The van der Waals surface area contributed by atoms with E-state index in [2.05, 4.69) is 11.1 Å². The summed E-state index contributed by atoms with van der Waals surface area (Å²) in [5.41, 5.74) is 12.9. The number of aliphatic hydroxyl groups excluding tert-OH is 1. The number of para-hydroxylation sites is 1. The van der Waals surface area contributed by atoms with Crippen LogP contribution in [-0.2, 0) is 5.66 Å². The highest BCUT2D eigenvalue weighted by atomic mass is 16.3. The molecule has 0 aliphatic heterocycles. The molecule has 4 heteroatoms. The molecule has 0 amide bonds. The highest BCUT2D eigenvalue weighted by molar-refractivity contribution is 5.92. The third kappa shape index (κ3) is 2.06. The Kier molecular flexibility index (Phi) is 2.71. The molecule has 0 saturated heterocycles. The van der Waals surface area contributed by atoms with Gasteiger partial charge in [-0.15, -0.1) is 0 Å². The number of rotatable bonds is 2. The molecule has 0 bridgehead atoms. The number of pyridine rings is 1. The molecule has 4 nitrogen and oxygen atoms in total. The molecule has 0 spiro atoms. The van der Waals surface area contributed by atoms with Crippen molar-refractivity contribution in [2.24, 2.45) is 11.5 Å². The lowest BCUT2D eigenvalue weighted by molar-refractivity contribution is 0.201. The lowest BCUT2D eigenvalue weighted by atomic mass is 10.00. The van der Waals surface area contributed by atoms with Crippen molar-refractivity contribution in [3.05, 3.63) is 54.1 Å². The van der Waals surface area contributed by atoms with E-state index in [4.69, 9.17) is 11.5 Å². The first-order chi connectivity index (χ1) is 9.10. The quantitative estimate of drug-likeness (QED) is 0.476. The van der Waals surface area contributed by atoms with E-state index in [-0.39, 0.29) is 6.61 Å². The number of aromatic nitrogens is 1. The van der Waals surface area contributed by atoms with Gasteiger partial charge in [-0.25, -0.2) is 4.98 Å². The molecule has 0 radical (unpaired) electrons. The fraction of sp³-hybridized carbons (Fsp3) is 0.133. The van der Waals surface area contributed by atoms with Crippen LogP contribution in [0, 0.1) is 0 Å². The molecule has 0 atom stereocenters. The van der Waals surface area contributed by atoms with Crippen LogP contribution in [-0.4, -0.2) is 16.7 Å². The first kappa shape index (κ1) is 12.0. The van der Waals surface area contributed by atoms with Gasteiger partial charge in [0.2, 0.25) is 0 Å². The molecule has 3 aromatic rings. The van der Waals surface area contributed by atoms with Gasteiger partial charge in [0.1, 0.15) is 5.66 Å². The number of nitrogens with two attached hydrogens (primary N) is 2. The largest absolute Gasteiger partial charge is 0.393 e. The molecule has 1 aromatic heterocycles. The summed E-state index contributed by atoms with van der Waals surface area (Å²) in [6, 6.07) is 15.6. The Labute approximate surface area is 110 Å². The second-order valence-electron chi connectivity index (χ2n) is 4.79. The van der Waals surface area contributed by atoms with Crippen LogP contribution in [0.4, 0.5) is 0 Å².